The second-order valence-electron chi connectivity index (χ2n) is 5.83. The van der Waals surface area contributed by atoms with Crippen LogP contribution in [0, 0.1) is 6.92 Å². The van der Waals surface area contributed by atoms with Gasteiger partial charge in [-0.15, -0.1) is 13.2 Å². The first kappa shape index (κ1) is 29.7. The molecular weight excluding hydrogens is 324 g/mol. The van der Waals surface area contributed by atoms with E-state index in [4.69, 9.17) is 0 Å². The largest absolute Gasteiger partial charge is 0.106 e. The Morgan fingerprint density at radius 2 is 1.44 bits per heavy atom. The monoisotopic (exact) mass is 368 g/mol. The summed E-state index contributed by atoms with van der Waals surface area (Å²) >= 11 is 0. The summed E-state index contributed by atoms with van der Waals surface area (Å²) in [7, 11) is 0. The minimum absolute atomic E-state index is 0.994. The predicted octanol–water partition coefficient (Wildman–Crippen LogP) is 9.28. The van der Waals surface area contributed by atoms with Gasteiger partial charge < -0.3 is 0 Å². The molecule has 1 aliphatic rings. The summed E-state index contributed by atoms with van der Waals surface area (Å²) in [5.74, 6) is 0. The van der Waals surface area contributed by atoms with E-state index < -0.39 is 0 Å². The number of benzene rings is 1. The molecule has 0 spiro atoms. The normalized spacial score (nSPS) is 11.0. The third-order valence-corrected chi connectivity index (χ3v) is 3.52. The topological polar surface area (TPSA) is 0 Å². The second kappa shape index (κ2) is 18.7. The maximum absolute atomic E-state index is 4.19. The fraction of sp³-hybridized carbons (Fsp3) is 0.407. The molecule has 0 saturated heterocycles. The van der Waals surface area contributed by atoms with Crippen LogP contribution in [0.3, 0.4) is 0 Å². The van der Waals surface area contributed by atoms with Crippen LogP contribution in [0.25, 0.3) is 6.08 Å². The molecule has 152 valence electrons. The van der Waals surface area contributed by atoms with Gasteiger partial charge in [-0.2, -0.15) is 0 Å². The number of rotatable bonds is 2. The van der Waals surface area contributed by atoms with E-state index in [1.165, 1.54) is 23.1 Å². The molecule has 0 aliphatic heterocycles. The molecule has 0 heterocycles. The van der Waals surface area contributed by atoms with Crippen LogP contribution >= 0.6 is 0 Å². The van der Waals surface area contributed by atoms with Gasteiger partial charge in [-0.05, 0) is 60.6 Å². The number of hydrogen-bond acceptors (Lipinski definition) is 0. The first-order chi connectivity index (χ1) is 12.9. The van der Waals surface area contributed by atoms with E-state index in [1.54, 1.807) is 0 Å². The van der Waals surface area contributed by atoms with Crippen molar-refractivity contribution in [3.63, 3.8) is 0 Å². The van der Waals surface area contributed by atoms with Crippen molar-refractivity contribution in [1.82, 2.24) is 0 Å². The lowest BCUT2D eigenvalue weighted by Crippen LogP contribution is -1.92. The van der Waals surface area contributed by atoms with Crippen LogP contribution in [0.5, 0.6) is 0 Å². The molecule has 0 aromatic heterocycles. The molecule has 0 atom stereocenters. The molecule has 2 rings (SSSR count). The Hall–Kier alpha value is -2.08. The van der Waals surface area contributed by atoms with Gasteiger partial charge in [-0.1, -0.05) is 97.0 Å². The molecule has 0 nitrogen and oxygen atoms in total. The standard InChI is InChI=1S/C18H20.C3H8.2C2H6.C2H4/c1-12(2)15(5)18-11-17-10-13(3)6-8-16(17)9-7-14(18)4;1-3-2;3*1-2/h6,8,10-11H,1,4-5,7,9H2,2-3H3;3H2,1-2H3;2*1-2H3;1-2H2. The average molecular weight is 369 g/mol. The van der Waals surface area contributed by atoms with Crippen molar-refractivity contribution in [2.24, 2.45) is 0 Å². The van der Waals surface area contributed by atoms with Crippen molar-refractivity contribution in [2.45, 2.75) is 74.7 Å². The SMILES string of the molecule is C=C.C=C(C)C(=C)C1=Cc2cc(C)ccc2CCC1=C.CC.CC.CCC. The van der Waals surface area contributed by atoms with Gasteiger partial charge in [0.15, 0.2) is 0 Å². The zero-order chi connectivity index (χ0) is 22.0. The highest BCUT2D eigenvalue weighted by atomic mass is 14.2. The van der Waals surface area contributed by atoms with Gasteiger partial charge in [0.1, 0.15) is 0 Å². The van der Waals surface area contributed by atoms with Gasteiger partial charge in [0.05, 0.1) is 0 Å². The van der Waals surface area contributed by atoms with Crippen molar-refractivity contribution in [1.29, 1.82) is 0 Å². The fourth-order valence-corrected chi connectivity index (χ4v) is 2.28. The van der Waals surface area contributed by atoms with Crippen molar-refractivity contribution in [3.8, 4) is 0 Å². The summed E-state index contributed by atoms with van der Waals surface area (Å²) in [4.78, 5) is 0. The van der Waals surface area contributed by atoms with Gasteiger partial charge in [0, 0.05) is 0 Å². The van der Waals surface area contributed by atoms with Gasteiger partial charge in [-0.25, -0.2) is 0 Å². The first-order valence-electron chi connectivity index (χ1n) is 10.2. The van der Waals surface area contributed by atoms with Crippen molar-refractivity contribution < 1.29 is 0 Å². The van der Waals surface area contributed by atoms with Gasteiger partial charge in [-0.3, -0.25) is 0 Å². The lowest BCUT2D eigenvalue weighted by Gasteiger charge is -2.11. The van der Waals surface area contributed by atoms with E-state index in [1.807, 2.05) is 34.6 Å². The molecule has 1 aromatic rings. The van der Waals surface area contributed by atoms with Crippen LogP contribution in [0.15, 0.2) is 73.4 Å². The van der Waals surface area contributed by atoms with E-state index in [-0.39, 0.29) is 0 Å². The number of aryl methyl sites for hydroxylation is 2. The molecule has 0 heteroatoms. The summed E-state index contributed by atoms with van der Waals surface area (Å²) < 4.78 is 0. The van der Waals surface area contributed by atoms with E-state index in [2.05, 4.69) is 77.9 Å². The Morgan fingerprint density at radius 3 is 1.89 bits per heavy atom. The highest BCUT2D eigenvalue weighted by molar-refractivity contribution is 5.71. The van der Waals surface area contributed by atoms with E-state index >= 15 is 0 Å². The molecule has 0 unspecified atom stereocenters. The van der Waals surface area contributed by atoms with Crippen LogP contribution in [0.2, 0.25) is 0 Å². The molecular formula is C27H44. The fourth-order valence-electron chi connectivity index (χ4n) is 2.28. The number of fused-ring (bicyclic) bond motifs is 1. The number of hydrogen-bond donors (Lipinski definition) is 0. The van der Waals surface area contributed by atoms with Crippen LogP contribution in [0.4, 0.5) is 0 Å². The maximum Gasteiger partial charge on any atom is -0.0155 e. The highest BCUT2D eigenvalue weighted by Crippen LogP contribution is 2.32. The first-order valence-corrected chi connectivity index (χ1v) is 10.2. The average Bonchev–Trinajstić information content (AvgIpc) is 2.85. The van der Waals surface area contributed by atoms with Crippen LogP contribution < -0.4 is 0 Å². The maximum atomic E-state index is 4.19. The number of allylic oxidation sites excluding steroid dienone is 4. The van der Waals surface area contributed by atoms with Crippen molar-refractivity contribution in [3.05, 3.63) is 90.1 Å². The Balaban J connectivity index is -0.000000555. The Kier molecular flexibility index (Phi) is 20.6. The molecule has 27 heavy (non-hydrogen) atoms. The minimum Gasteiger partial charge on any atom is -0.106 e. The third-order valence-electron chi connectivity index (χ3n) is 3.52. The van der Waals surface area contributed by atoms with Crippen LogP contribution in [-0.2, 0) is 6.42 Å². The zero-order valence-corrected chi connectivity index (χ0v) is 19.5. The van der Waals surface area contributed by atoms with Crippen molar-refractivity contribution >= 4 is 6.08 Å². The molecule has 0 amide bonds. The molecule has 0 saturated carbocycles. The Morgan fingerprint density at radius 1 is 0.963 bits per heavy atom. The molecule has 0 radical (unpaired) electrons. The second-order valence-corrected chi connectivity index (χ2v) is 5.83. The quantitative estimate of drug-likeness (QED) is 0.360. The lowest BCUT2D eigenvalue weighted by molar-refractivity contribution is 0.963. The van der Waals surface area contributed by atoms with Crippen LogP contribution in [-0.4, -0.2) is 0 Å². The van der Waals surface area contributed by atoms with E-state index in [0.717, 1.165) is 35.1 Å². The molecule has 1 aromatic carbocycles. The minimum atomic E-state index is 0.994. The molecule has 1 aliphatic carbocycles. The lowest BCUT2D eigenvalue weighted by atomic mass is 9.93. The summed E-state index contributed by atoms with van der Waals surface area (Å²) in [6.45, 7) is 34.7. The van der Waals surface area contributed by atoms with E-state index in [0.29, 0.717) is 0 Å². The molecule has 0 fully saturated rings. The summed E-state index contributed by atoms with van der Waals surface area (Å²) in [6, 6.07) is 6.63. The Labute approximate surface area is 171 Å². The van der Waals surface area contributed by atoms with E-state index in [9.17, 15) is 0 Å². The van der Waals surface area contributed by atoms with Gasteiger partial charge in [0.25, 0.3) is 0 Å². The van der Waals surface area contributed by atoms with Gasteiger partial charge >= 0.3 is 0 Å². The van der Waals surface area contributed by atoms with Crippen LogP contribution in [0.1, 0.15) is 78.0 Å². The summed E-state index contributed by atoms with van der Waals surface area (Å²) in [6.07, 6.45) is 5.51. The van der Waals surface area contributed by atoms with Gasteiger partial charge in [0.2, 0.25) is 0 Å². The summed E-state index contributed by atoms with van der Waals surface area (Å²) in [5.41, 5.74) is 8.33. The highest BCUT2D eigenvalue weighted by Gasteiger charge is 2.14. The summed E-state index contributed by atoms with van der Waals surface area (Å²) in [5, 5.41) is 0. The molecule has 0 bridgehead atoms. The van der Waals surface area contributed by atoms with Crippen molar-refractivity contribution in [2.75, 3.05) is 0 Å². The molecule has 0 N–H and O–H groups in total. The smallest absolute Gasteiger partial charge is 0.0155 e. The third kappa shape index (κ3) is 11.3. The predicted molar refractivity (Wildman–Crippen MR) is 130 cm³/mol. The Bertz CT molecular complexity index is 596. The zero-order valence-electron chi connectivity index (χ0n) is 19.5.